The molecular weight excluding hydrogens is 381 g/mol. The maximum absolute atomic E-state index is 13.0. The Morgan fingerprint density at radius 2 is 1.71 bits per heavy atom. The molecule has 0 fully saturated rings. The first-order valence-electron chi connectivity index (χ1n) is 8.42. The summed E-state index contributed by atoms with van der Waals surface area (Å²) in [5.74, 6) is -0.256. The van der Waals surface area contributed by atoms with Crippen molar-refractivity contribution in [1.82, 2.24) is 4.98 Å². The Morgan fingerprint density at radius 3 is 2.36 bits per heavy atom. The predicted molar refractivity (Wildman–Crippen MR) is 105 cm³/mol. The molecule has 0 aliphatic rings. The van der Waals surface area contributed by atoms with Crippen molar-refractivity contribution < 1.29 is 17.6 Å². The Morgan fingerprint density at radius 1 is 1.04 bits per heavy atom. The van der Waals surface area contributed by atoms with Crippen LogP contribution in [0.4, 0.5) is 15.9 Å². The number of amides is 1. The molecule has 0 bridgehead atoms. The van der Waals surface area contributed by atoms with Crippen LogP contribution in [0.25, 0.3) is 0 Å². The quantitative estimate of drug-likeness (QED) is 0.664. The summed E-state index contributed by atoms with van der Waals surface area (Å²) in [5.41, 5.74) is 2.05. The second kappa shape index (κ2) is 8.18. The number of carbonyl (C=O) groups excluding carboxylic acids is 1. The van der Waals surface area contributed by atoms with Gasteiger partial charge >= 0.3 is 0 Å². The maximum Gasteiger partial charge on any atom is 0.261 e. The van der Waals surface area contributed by atoms with Crippen LogP contribution in [0.15, 0.2) is 71.8 Å². The fourth-order valence-corrected chi connectivity index (χ4v) is 3.55. The number of anilines is 2. The van der Waals surface area contributed by atoms with Gasteiger partial charge in [-0.3, -0.25) is 9.52 Å². The molecule has 3 rings (SSSR count). The van der Waals surface area contributed by atoms with E-state index in [0.717, 1.165) is 23.3 Å². The molecule has 0 atom stereocenters. The molecular formula is C20H18FN3O3S. The highest BCUT2D eigenvalue weighted by molar-refractivity contribution is 7.92. The largest absolute Gasteiger partial charge is 0.310 e. The summed E-state index contributed by atoms with van der Waals surface area (Å²) in [4.78, 5) is 16.2. The zero-order valence-electron chi connectivity index (χ0n) is 15.0. The van der Waals surface area contributed by atoms with E-state index in [4.69, 9.17) is 0 Å². The van der Waals surface area contributed by atoms with Crippen molar-refractivity contribution in [1.29, 1.82) is 0 Å². The first kappa shape index (κ1) is 19.5. The molecule has 0 radical (unpaired) electrons. The third kappa shape index (κ3) is 5.14. The van der Waals surface area contributed by atoms with Gasteiger partial charge in [-0.05, 0) is 66.6 Å². The average molecular weight is 399 g/mol. The van der Waals surface area contributed by atoms with Crippen LogP contribution in [-0.2, 0) is 21.2 Å². The van der Waals surface area contributed by atoms with Crippen molar-refractivity contribution >= 4 is 27.4 Å². The lowest BCUT2D eigenvalue weighted by atomic mass is 10.1. The van der Waals surface area contributed by atoms with Gasteiger partial charge < -0.3 is 5.32 Å². The maximum atomic E-state index is 13.0. The number of rotatable bonds is 6. The van der Waals surface area contributed by atoms with Gasteiger partial charge in [-0.15, -0.1) is 0 Å². The van der Waals surface area contributed by atoms with Crippen LogP contribution in [-0.4, -0.2) is 19.3 Å². The van der Waals surface area contributed by atoms with E-state index < -0.39 is 15.8 Å². The summed E-state index contributed by atoms with van der Waals surface area (Å²) in [7, 11) is -3.81. The highest BCUT2D eigenvalue weighted by atomic mass is 32.2. The van der Waals surface area contributed by atoms with Crippen molar-refractivity contribution in [2.75, 3.05) is 10.0 Å². The van der Waals surface area contributed by atoms with Crippen LogP contribution in [0, 0.1) is 12.7 Å². The van der Waals surface area contributed by atoms with Gasteiger partial charge in [0.15, 0.2) is 0 Å². The summed E-state index contributed by atoms with van der Waals surface area (Å²) in [5, 5.41) is 2.72. The van der Waals surface area contributed by atoms with Gasteiger partial charge in [-0.25, -0.2) is 17.8 Å². The summed E-state index contributed by atoms with van der Waals surface area (Å²) >= 11 is 0. The monoisotopic (exact) mass is 399 g/mol. The number of benzene rings is 2. The van der Waals surface area contributed by atoms with E-state index in [-0.39, 0.29) is 17.2 Å². The van der Waals surface area contributed by atoms with E-state index in [2.05, 4.69) is 15.0 Å². The number of sulfonamides is 1. The first-order valence-corrected chi connectivity index (χ1v) is 9.90. The van der Waals surface area contributed by atoms with Crippen molar-refractivity contribution in [2.24, 2.45) is 0 Å². The Labute approximate surface area is 162 Å². The predicted octanol–water partition coefficient (Wildman–Crippen LogP) is 3.51. The van der Waals surface area contributed by atoms with Crippen molar-refractivity contribution in [3.05, 3.63) is 83.8 Å². The zero-order valence-corrected chi connectivity index (χ0v) is 15.8. The van der Waals surface area contributed by atoms with Crippen LogP contribution >= 0.6 is 0 Å². The topological polar surface area (TPSA) is 88.2 Å². The molecule has 1 heterocycles. The molecule has 8 heteroatoms. The molecule has 0 saturated heterocycles. The summed E-state index contributed by atoms with van der Waals surface area (Å²) < 4.78 is 40.0. The number of carbonyl (C=O) groups is 1. The molecule has 3 aromatic rings. The molecule has 6 nitrogen and oxygen atoms in total. The highest BCUT2D eigenvalue weighted by Crippen LogP contribution is 2.17. The molecule has 1 aromatic heterocycles. The number of hydrogen-bond acceptors (Lipinski definition) is 4. The number of nitrogens with one attached hydrogen (secondary N) is 2. The molecule has 1 amide bonds. The fraction of sp³-hybridized carbons (Fsp3) is 0.100. The smallest absolute Gasteiger partial charge is 0.261 e. The van der Waals surface area contributed by atoms with E-state index >= 15 is 0 Å². The van der Waals surface area contributed by atoms with E-state index in [1.807, 2.05) is 13.0 Å². The Kier molecular flexibility index (Phi) is 5.70. The van der Waals surface area contributed by atoms with E-state index in [1.165, 1.54) is 12.1 Å². The van der Waals surface area contributed by atoms with Crippen LogP contribution in [0.5, 0.6) is 0 Å². The van der Waals surface area contributed by atoms with Crippen molar-refractivity contribution in [3.63, 3.8) is 0 Å². The summed E-state index contributed by atoms with van der Waals surface area (Å²) in [6.07, 6.45) is 1.74. The van der Waals surface area contributed by atoms with Crippen LogP contribution in [0.1, 0.15) is 11.1 Å². The zero-order chi connectivity index (χ0) is 20.1. The lowest BCUT2D eigenvalue weighted by Crippen LogP contribution is -2.15. The number of halogens is 1. The first-order chi connectivity index (χ1) is 13.3. The Balaban J connectivity index is 1.63. The molecule has 2 N–H and O–H groups in total. The van der Waals surface area contributed by atoms with E-state index in [0.29, 0.717) is 11.5 Å². The number of aromatic nitrogens is 1. The molecule has 144 valence electrons. The molecule has 28 heavy (non-hydrogen) atoms. The van der Waals surface area contributed by atoms with E-state index in [1.54, 1.807) is 36.5 Å². The van der Waals surface area contributed by atoms with Gasteiger partial charge in [0.25, 0.3) is 10.0 Å². The molecule has 2 aromatic carbocycles. The SMILES string of the molecule is Cc1ccnc(NC(=O)Cc2ccc(NS(=O)(=O)c3ccc(F)cc3)cc2)c1. The summed E-state index contributed by atoms with van der Waals surface area (Å²) in [6.45, 7) is 1.91. The minimum Gasteiger partial charge on any atom is -0.310 e. The van der Waals surface area contributed by atoms with Crippen LogP contribution in [0.2, 0.25) is 0 Å². The second-order valence-corrected chi connectivity index (χ2v) is 7.88. The fourth-order valence-electron chi connectivity index (χ4n) is 2.50. The van der Waals surface area contributed by atoms with Gasteiger partial charge in [0.05, 0.1) is 11.3 Å². The van der Waals surface area contributed by atoms with Gasteiger partial charge in [-0.1, -0.05) is 12.1 Å². The van der Waals surface area contributed by atoms with Gasteiger partial charge in [0.1, 0.15) is 11.6 Å². The minimum absolute atomic E-state index is 0.0389. The number of aryl methyl sites for hydroxylation is 1. The molecule has 0 saturated carbocycles. The van der Waals surface area contributed by atoms with E-state index in [9.17, 15) is 17.6 Å². The third-order valence-corrected chi connectivity index (χ3v) is 5.27. The minimum atomic E-state index is -3.81. The Bertz CT molecular complexity index is 1080. The molecule has 0 spiro atoms. The third-order valence-electron chi connectivity index (χ3n) is 3.88. The molecule has 0 unspecified atom stereocenters. The standard InChI is InChI=1S/C20H18FN3O3S/c1-14-10-11-22-19(12-14)23-20(25)13-15-2-6-17(7-3-15)24-28(26,27)18-8-4-16(21)5-9-18/h2-12,24H,13H2,1H3,(H,22,23,25). The molecule has 0 aliphatic carbocycles. The van der Waals surface area contributed by atoms with Gasteiger partial charge in [0.2, 0.25) is 5.91 Å². The number of hydrogen-bond donors (Lipinski definition) is 2. The lowest BCUT2D eigenvalue weighted by Gasteiger charge is -2.09. The molecule has 0 aliphatic heterocycles. The lowest BCUT2D eigenvalue weighted by molar-refractivity contribution is -0.115. The van der Waals surface area contributed by atoms with Gasteiger partial charge in [-0.2, -0.15) is 0 Å². The van der Waals surface area contributed by atoms with Gasteiger partial charge in [0, 0.05) is 11.9 Å². The second-order valence-electron chi connectivity index (χ2n) is 6.20. The normalized spacial score (nSPS) is 11.1. The highest BCUT2D eigenvalue weighted by Gasteiger charge is 2.14. The van der Waals surface area contributed by atoms with Crippen molar-refractivity contribution in [3.8, 4) is 0 Å². The Hall–Kier alpha value is -3.26. The van der Waals surface area contributed by atoms with Crippen molar-refractivity contribution in [2.45, 2.75) is 18.2 Å². The van der Waals surface area contributed by atoms with Crippen LogP contribution < -0.4 is 10.0 Å². The number of pyridine rings is 1. The number of nitrogens with zero attached hydrogens (tertiary/aromatic N) is 1. The van der Waals surface area contributed by atoms with Crippen LogP contribution in [0.3, 0.4) is 0 Å². The average Bonchev–Trinajstić information content (AvgIpc) is 2.63. The summed E-state index contributed by atoms with van der Waals surface area (Å²) in [6, 6.07) is 14.6.